The number of ether oxygens (including phenoxy) is 2. The summed E-state index contributed by atoms with van der Waals surface area (Å²) in [7, 11) is 0. The van der Waals surface area contributed by atoms with Crippen molar-refractivity contribution in [1.82, 2.24) is 9.88 Å². The Bertz CT molecular complexity index is 848. The quantitative estimate of drug-likeness (QED) is 0.655. The molecule has 0 saturated carbocycles. The molecule has 0 spiro atoms. The van der Waals surface area contributed by atoms with Crippen molar-refractivity contribution in [2.45, 2.75) is 33.7 Å². The third kappa shape index (κ3) is 6.13. The van der Waals surface area contributed by atoms with Gasteiger partial charge in [-0.15, -0.1) is 0 Å². The van der Waals surface area contributed by atoms with E-state index in [2.05, 4.69) is 21.2 Å². The average Bonchev–Trinajstić information content (AvgIpc) is 2.61. The molecule has 0 aliphatic heterocycles. The zero-order valence-electron chi connectivity index (χ0n) is 15.9. The Morgan fingerprint density at radius 3 is 2.56 bits per heavy atom. The van der Waals surface area contributed by atoms with E-state index in [1.807, 2.05) is 32.0 Å². The molecule has 2 rings (SSSR count). The van der Waals surface area contributed by atoms with Gasteiger partial charge in [0.25, 0.3) is 5.56 Å². The van der Waals surface area contributed by atoms with Gasteiger partial charge in [0, 0.05) is 22.8 Å². The zero-order chi connectivity index (χ0) is 19.8. The molecule has 1 amide bonds. The second-order valence-corrected chi connectivity index (χ2v) is 6.94. The number of aromatic nitrogens is 1. The second kappa shape index (κ2) is 10.2. The van der Waals surface area contributed by atoms with Crippen LogP contribution in [0, 0.1) is 6.92 Å². The van der Waals surface area contributed by atoms with Crippen LogP contribution in [0.4, 0.5) is 0 Å². The molecule has 1 heterocycles. The van der Waals surface area contributed by atoms with Crippen molar-refractivity contribution >= 4 is 21.8 Å². The number of carbonyl (C=O) groups excluding carboxylic acids is 1. The number of rotatable bonds is 9. The van der Waals surface area contributed by atoms with Crippen molar-refractivity contribution in [1.29, 1.82) is 0 Å². The highest BCUT2D eigenvalue weighted by Gasteiger charge is 2.09. The van der Waals surface area contributed by atoms with Gasteiger partial charge in [-0.3, -0.25) is 9.59 Å². The summed E-state index contributed by atoms with van der Waals surface area (Å²) in [6.45, 7) is 7.17. The largest absolute Gasteiger partial charge is 0.490 e. The van der Waals surface area contributed by atoms with Crippen LogP contribution in [-0.2, 0) is 17.8 Å². The molecule has 0 unspecified atom stereocenters. The standard InChI is InChI=1S/C20H25BrN2O4/c1-4-26-17-7-6-15(11-18(17)27-5-2)8-9-22-19(24)13-23-12-16(21)10-14(3)20(23)25/h6-7,10-12H,4-5,8-9,13H2,1-3H3,(H,22,24). The molecule has 0 fully saturated rings. The fourth-order valence-corrected chi connectivity index (χ4v) is 3.26. The average molecular weight is 437 g/mol. The number of pyridine rings is 1. The Balaban J connectivity index is 1.93. The van der Waals surface area contributed by atoms with Crippen molar-refractivity contribution in [3.05, 3.63) is 56.4 Å². The SMILES string of the molecule is CCOc1ccc(CCNC(=O)Cn2cc(Br)cc(C)c2=O)cc1OCC. The number of benzene rings is 1. The highest BCUT2D eigenvalue weighted by atomic mass is 79.9. The van der Waals surface area contributed by atoms with Gasteiger partial charge in [0.15, 0.2) is 11.5 Å². The lowest BCUT2D eigenvalue weighted by Crippen LogP contribution is -2.33. The minimum atomic E-state index is -0.203. The zero-order valence-corrected chi connectivity index (χ0v) is 17.5. The molecule has 0 radical (unpaired) electrons. The van der Waals surface area contributed by atoms with Gasteiger partial charge in [-0.1, -0.05) is 6.07 Å². The van der Waals surface area contributed by atoms with E-state index in [-0.39, 0.29) is 18.0 Å². The van der Waals surface area contributed by atoms with Crippen LogP contribution in [0.2, 0.25) is 0 Å². The minimum absolute atomic E-state index is 0.00735. The second-order valence-electron chi connectivity index (χ2n) is 6.02. The third-order valence-corrected chi connectivity index (χ3v) is 4.32. The fourth-order valence-electron chi connectivity index (χ4n) is 2.67. The number of nitrogens with zero attached hydrogens (tertiary/aromatic N) is 1. The van der Waals surface area contributed by atoms with Crippen LogP contribution >= 0.6 is 15.9 Å². The van der Waals surface area contributed by atoms with Crippen LogP contribution in [-0.4, -0.2) is 30.2 Å². The van der Waals surface area contributed by atoms with Crippen LogP contribution in [0.1, 0.15) is 25.0 Å². The molecule has 6 nitrogen and oxygen atoms in total. The van der Waals surface area contributed by atoms with E-state index in [0.717, 1.165) is 15.8 Å². The van der Waals surface area contributed by atoms with Crippen molar-refractivity contribution < 1.29 is 14.3 Å². The summed E-state index contributed by atoms with van der Waals surface area (Å²) >= 11 is 3.34. The van der Waals surface area contributed by atoms with Crippen LogP contribution in [0.3, 0.4) is 0 Å². The summed E-state index contributed by atoms with van der Waals surface area (Å²) in [4.78, 5) is 24.2. The maximum absolute atomic E-state index is 12.2. The lowest BCUT2D eigenvalue weighted by atomic mass is 10.1. The van der Waals surface area contributed by atoms with E-state index >= 15 is 0 Å². The molecule has 0 atom stereocenters. The summed E-state index contributed by atoms with van der Waals surface area (Å²) < 4.78 is 13.3. The highest BCUT2D eigenvalue weighted by Crippen LogP contribution is 2.28. The van der Waals surface area contributed by atoms with Crippen molar-refractivity contribution in [2.75, 3.05) is 19.8 Å². The predicted octanol–water partition coefficient (Wildman–Crippen LogP) is 3.08. The smallest absolute Gasteiger partial charge is 0.253 e. The molecule has 0 bridgehead atoms. The van der Waals surface area contributed by atoms with Gasteiger partial charge in [-0.2, -0.15) is 0 Å². The first-order valence-corrected chi connectivity index (χ1v) is 9.75. The highest BCUT2D eigenvalue weighted by molar-refractivity contribution is 9.10. The molecule has 0 aliphatic rings. The van der Waals surface area contributed by atoms with E-state index in [1.54, 1.807) is 19.2 Å². The van der Waals surface area contributed by atoms with Gasteiger partial charge < -0.3 is 19.4 Å². The number of hydrogen-bond acceptors (Lipinski definition) is 4. The van der Waals surface area contributed by atoms with Gasteiger partial charge in [-0.25, -0.2) is 0 Å². The number of amides is 1. The number of nitrogens with one attached hydrogen (secondary N) is 1. The molecule has 7 heteroatoms. The lowest BCUT2D eigenvalue weighted by Gasteiger charge is -2.13. The Labute approximate surface area is 167 Å². The molecule has 27 heavy (non-hydrogen) atoms. The molecule has 1 N–H and O–H groups in total. The van der Waals surface area contributed by atoms with E-state index in [4.69, 9.17) is 9.47 Å². The number of halogens is 1. The first-order chi connectivity index (χ1) is 12.9. The Morgan fingerprint density at radius 2 is 1.85 bits per heavy atom. The molecule has 1 aromatic carbocycles. The summed E-state index contributed by atoms with van der Waals surface area (Å²) in [5.74, 6) is 1.22. The Kier molecular flexibility index (Phi) is 7.91. The number of hydrogen-bond donors (Lipinski definition) is 1. The maximum Gasteiger partial charge on any atom is 0.253 e. The molecule has 0 aliphatic carbocycles. The van der Waals surface area contributed by atoms with E-state index in [1.165, 1.54) is 4.57 Å². The summed E-state index contributed by atoms with van der Waals surface area (Å²) in [6, 6.07) is 7.51. The molecule has 1 aromatic heterocycles. The minimum Gasteiger partial charge on any atom is -0.490 e. The van der Waals surface area contributed by atoms with Crippen LogP contribution in [0.15, 0.2) is 39.7 Å². The van der Waals surface area contributed by atoms with Crippen molar-refractivity contribution in [2.24, 2.45) is 0 Å². The van der Waals surface area contributed by atoms with Gasteiger partial charge in [0.05, 0.1) is 13.2 Å². The van der Waals surface area contributed by atoms with E-state index in [0.29, 0.717) is 37.5 Å². The van der Waals surface area contributed by atoms with Crippen molar-refractivity contribution in [3.8, 4) is 11.5 Å². The van der Waals surface area contributed by atoms with Gasteiger partial charge in [0.1, 0.15) is 6.54 Å². The van der Waals surface area contributed by atoms with Crippen molar-refractivity contribution in [3.63, 3.8) is 0 Å². The van der Waals surface area contributed by atoms with E-state index < -0.39 is 0 Å². The monoisotopic (exact) mass is 436 g/mol. The maximum atomic E-state index is 12.2. The fraction of sp³-hybridized carbons (Fsp3) is 0.400. The van der Waals surface area contributed by atoms with Gasteiger partial charge in [0.2, 0.25) is 5.91 Å². The van der Waals surface area contributed by atoms with Gasteiger partial charge >= 0.3 is 0 Å². The molecule has 146 valence electrons. The van der Waals surface area contributed by atoms with Crippen LogP contribution in [0.25, 0.3) is 0 Å². The molecule has 2 aromatic rings. The third-order valence-electron chi connectivity index (χ3n) is 3.89. The topological polar surface area (TPSA) is 69.6 Å². The normalized spacial score (nSPS) is 10.5. The van der Waals surface area contributed by atoms with Gasteiger partial charge in [-0.05, 0) is 66.9 Å². The first kappa shape index (κ1) is 21.0. The Morgan fingerprint density at radius 1 is 1.15 bits per heavy atom. The first-order valence-electron chi connectivity index (χ1n) is 8.96. The molecular weight excluding hydrogens is 412 g/mol. The summed E-state index contributed by atoms with van der Waals surface area (Å²) in [5.41, 5.74) is 1.47. The van der Waals surface area contributed by atoms with Crippen LogP contribution < -0.4 is 20.3 Å². The number of aryl methyl sites for hydroxylation is 1. The molecule has 0 saturated heterocycles. The lowest BCUT2D eigenvalue weighted by molar-refractivity contribution is -0.121. The number of carbonyl (C=O) groups is 1. The summed E-state index contributed by atoms with van der Waals surface area (Å²) in [6.07, 6.45) is 2.28. The van der Waals surface area contributed by atoms with E-state index in [9.17, 15) is 9.59 Å². The molecular formula is C20H25BrN2O4. The Hall–Kier alpha value is -2.28. The predicted molar refractivity (Wildman–Crippen MR) is 109 cm³/mol. The van der Waals surface area contributed by atoms with Crippen LogP contribution in [0.5, 0.6) is 11.5 Å². The summed E-state index contributed by atoms with van der Waals surface area (Å²) in [5, 5.41) is 2.85.